The summed E-state index contributed by atoms with van der Waals surface area (Å²) in [7, 11) is 1.71. The van der Waals surface area contributed by atoms with Crippen molar-refractivity contribution in [3.05, 3.63) is 48.7 Å². The van der Waals surface area contributed by atoms with Gasteiger partial charge >= 0.3 is 0 Å². The van der Waals surface area contributed by atoms with Gasteiger partial charge in [-0.15, -0.1) is 6.58 Å². The van der Waals surface area contributed by atoms with Crippen LogP contribution in [-0.2, 0) is 0 Å². The van der Waals surface area contributed by atoms with E-state index in [2.05, 4.69) is 45.3 Å². The Kier molecular flexibility index (Phi) is 7.04. The van der Waals surface area contributed by atoms with Crippen LogP contribution in [0.25, 0.3) is 10.9 Å². The van der Waals surface area contributed by atoms with Crippen molar-refractivity contribution in [1.82, 2.24) is 20.5 Å². The van der Waals surface area contributed by atoms with Crippen LogP contribution in [0.3, 0.4) is 0 Å². The van der Waals surface area contributed by atoms with Gasteiger partial charge in [-0.05, 0) is 86.1 Å². The van der Waals surface area contributed by atoms with E-state index >= 15 is 0 Å². The highest BCUT2D eigenvalue weighted by atomic mass is 32.1. The number of nitrogens with two attached hydrogens (primary N) is 1. The van der Waals surface area contributed by atoms with Crippen LogP contribution in [0.4, 0.5) is 0 Å². The molecule has 2 aromatic rings. The molecule has 7 atom stereocenters. The van der Waals surface area contributed by atoms with Gasteiger partial charge in [-0.25, -0.2) is 0 Å². The second kappa shape index (κ2) is 10.2. The molecule has 0 spiro atoms. The third-order valence-electron chi connectivity index (χ3n) is 8.28. The lowest BCUT2D eigenvalue weighted by Crippen LogP contribution is -2.59. The highest BCUT2D eigenvalue weighted by Gasteiger charge is 2.43. The van der Waals surface area contributed by atoms with Crippen molar-refractivity contribution >= 4 is 28.2 Å². The van der Waals surface area contributed by atoms with Crippen molar-refractivity contribution in [3.8, 4) is 5.75 Å². The number of pyridine rings is 1. The zero-order valence-corrected chi connectivity index (χ0v) is 20.9. The average Bonchev–Trinajstić information content (AvgIpc) is 2.88. The Hall–Kier alpha value is -2.22. The number of hydrogen-bond donors (Lipinski definition) is 3. The number of methoxy groups -OCH3 is 1. The van der Waals surface area contributed by atoms with Crippen LogP contribution in [0.5, 0.6) is 5.75 Å². The summed E-state index contributed by atoms with van der Waals surface area (Å²) in [6, 6.07) is 9.04. The van der Waals surface area contributed by atoms with E-state index in [0.29, 0.717) is 23.0 Å². The number of hydrogen-bond acceptors (Lipinski definition) is 5. The summed E-state index contributed by atoms with van der Waals surface area (Å²) < 4.78 is 5.55. The molecule has 1 aromatic heterocycles. The number of rotatable bonds is 6. The van der Waals surface area contributed by atoms with E-state index in [4.69, 9.17) is 22.7 Å². The SMILES string of the molecule is C=CC1CN2CCC1CC2C(NC(=S)N[C@@H]1CCCC[C@H]1N)c1ccnc2ccc(OC)cc12. The van der Waals surface area contributed by atoms with E-state index in [1.165, 1.54) is 24.8 Å². The number of fused-ring (bicyclic) bond motifs is 4. The summed E-state index contributed by atoms with van der Waals surface area (Å²) in [5.74, 6) is 2.09. The summed E-state index contributed by atoms with van der Waals surface area (Å²) in [5, 5.41) is 9.12. The smallest absolute Gasteiger partial charge is 0.167 e. The van der Waals surface area contributed by atoms with Crippen LogP contribution in [-0.4, -0.2) is 53.3 Å². The number of thiocarbonyl (C=S) groups is 1. The lowest BCUT2D eigenvalue weighted by molar-refractivity contribution is 0.00425. The van der Waals surface area contributed by atoms with E-state index in [0.717, 1.165) is 49.0 Å². The topological polar surface area (TPSA) is 75.4 Å². The van der Waals surface area contributed by atoms with Gasteiger partial charge in [0.1, 0.15) is 5.75 Å². The number of benzene rings is 1. The summed E-state index contributed by atoms with van der Waals surface area (Å²) in [6.45, 7) is 6.29. The first-order valence-electron chi connectivity index (χ1n) is 12.7. The molecule has 2 bridgehead atoms. The summed E-state index contributed by atoms with van der Waals surface area (Å²) >= 11 is 5.88. The second-order valence-electron chi connectivity index (χ2n) is 10.2. The molecule has 3 saturated heterocycles. The maximum atomic E-state index is 6.41. The highest BCUT2D eigenvalue weighted by Crippen LogP contribution is 2.42. The summed E-state index contributed by atoms with van der Waals surface area (Å²) in [4.78, 5) is 7.26. The molecule has 6 rings (SSSR count). The summed E-state index contributed by atoms with van der Waals surface area (Å²) in [6.07, 6.45) is 11.0. The zero-order chi connectivity index (χ0) is 23.7. The predicted molar refractivity (Wildman–Crippen MR) is 142 cm³/mol. The van der Waals surface area contributed by atoms with Crippen molar-refractivity contribution in [2.24, 2.45) is 17.6 Å². The zero-order valence-electron chi connectivity index (χ0n) is 20.1. The van der Waals surface area contributed by atoms with Crippen LogP contribution < -0.4 is 21.1 Å². The van der Waals surface area contributed by atoms with Crippen LogP contribution >= 0.6 is 12.2 Å². The van der Waals surface area contributed by atoms with E-state index in [1.807, 2.05) is 18.3 Å². The van der Waals surface area contributed by atoms with Gasteiger partial charge < -0.3 is 21.1 Å². The number of nitrogens with one attached hydrogen (secondary N) is 2. The molecule has 34 heavy (non-hydrogen) atoms. The minimum Gasteiger partial charge on any atom is -0.497 e. The second-order valence-corrected chi connectivity index (χ2v) is 10.6. The lowest BCUT2D eigenvalue weighted by Gasteiger charge is -2.52. The van der Waals surface area contributed by atoms with Gasteiger partial charge in [-0.2, -0.15) is 0 Å². The Labute approximate surface area is 208 Å². The molecule has 5 unspecified atom stereocenters. The maximum absolute atomic E-state index is 6.41. The first kappa shape index (κ1) is 23.5. The van der Waals surface area contributed by atoms with Crippen LogP contribution in [0.15, 0.2) is 43.1 Å². The van der Waals surface area contributed by atoms with Gasteiger partial charge in [0, 0.05) is 36.3 Å². The minimum atomic E-state index is 0.0472. The molecule has 4 fully saturated rings. The van der Waals surface area contributed by atoms with Crippen molar-refractivity contribution in [2.45, 2.75) is 62.7 Å². The monoisotopic (exact) mass is 479 g/mol. The quantitative estimate of drug-likeness (QED) is 0.428. The highest BCUT2D eigenvalue weighted by molar-refractivity contribution is 7.80. The van der Waals surface area contributed by atoms with E-state index in [-0.39, 0.29) is 18.1 Å². The largest absolute Gasteiger partial charge is 0.497 e. The Balaban J connectivity index is 1.47. The van der Waals surface area contributed by atoms with E-state index in [1.54, 1.807) is 7.11 Å². The molecule has 7 heteroatoms. The van der Waals surface area contributed by atoms with Crippen molar-refractivity contribution in [2.75, 3.05) is 20.2 Å². The third kappa shape index (κ3) is 4.66. The van der Waals surface area contributed by atoms with Crippen LogP contribution in [0.1, 0.15) is 50.1 Å². The fourth-order valence-electron chi connectivity index (χ4n) is 6.34. The molecule has 0 amide bonds. The molecule has 4 N–H and O–H groups in total. The molecule has 4 heterocycles. The number of piperidine rings is 3. The Bertz CT molecular complexity index is 1040. The van der Waals surface area contributed by atoms with Gasteiger partial charge in [0.15, 0.2) is 5.11 Å². The van der Waals surface area contributed by atoms with Crippen LogP contribution in [0.2, 0.25) is 0 Å². The predicted octanol–water partition coefficient (Wildman–Crippen LogP) is 3.91. The van der Waals surface area contributed by atoms with Gasteiger partial charge in [0.2, 0.25) is 0 Å². The molecule has 182 valence electrons. The molecule has 1 aliphatic carbocycles. The Morgan fingerprint density at radius 3 is 2.88 bits per heavy atom. The van der Waals surface area contributed by atoms with E-state index in [9.17, 15) is 0 Å². The fraction of sp³-hybridized carbons (Fsp3) is 0.556. The molecular weight excluding hydrogens is 442 g/mol. The van der Waals surface area contributed by atoms with Gasteiger partial charge in [-0.1, -0.05) is 18.9 Å². The lowest BCUT2D eigenvalue weighted by atomic mass is 9.73. The van der Waals surface area contributed by atoms with Crippen molar-refractivity contribution in [3.63, 3.8) is 0 Å². The van der Waals surface area contributed by atoms with Gasteiger partial charge in [-0.3, -0.25) is 9.88 Å². The van der Waals surface area contributed by atoms with Crippen molar-refractivity contribution in [1.29, 1.82) is 0 Å². The molecule has 0 radical (unpaired) electrons. The van der Waals surface area contributed by atoms with Crippen LogP contribution in [0, 0.1) is 11.8 Å². The van der Waals surface area contributed by atoms with Crippen molar-refractivity contribution < 1.29 is 4.74 Å². The molecule has 1 aromatic carbocycles. The number of aromatic nitrogens is 1. The standard InChI is InChI=1S/C27H37N5OS/c1-3-17-16-32-13-11-18(17)14-25(32)26(31-27(34)30-24-7-5-4-6-22(24)28)20-10-12-29-23-9-8-19(33-2)15-21(20)23/h3,8-10,12,15,17-18,22,24-26H,1,4-7,11,13-14,16,28H2,2H3,(H2,30,31,34)/t17?,18?,22-,24-,25?,26?/m1/s1. The molecule has 1 saturated carbocycles. The first-order chi connectivity index (χ1) is 16.6. The molecule has 6 nitrogen and oxygen atoms in total. The number of ether oxygens (including phenoxy) is 1. The Morgan fingerprint density at radius 2 is 2.15 bits per heavy atom. The molecular formula is C27H37N5OS. The maximum Gasteiger partial charge on any atom is 0.167 e. The van der Waals surface area contributed by atoms with E-state index < -0.39 is 0 Å². The normalized spacial score (nSPS) is 31.6. The molecule has 3 aliphatic heterocycles. The Morgan fingerprint density at radius 1 is 1.29 bits per heavy atom. The van der Waals surface area contributed by atoms with Gasteiger partial charge in [0.25, 0.3) is 0 Å². The minimum absolute atomic E-state index is 0.0472. The fourth-order valence-corrected chi connectivity index (χ4v) is 6.62. The third-order valence-corrected chi connectivity index (χ3v) is 8.51. The summed E-state index contributed by atoms with van der Waals surface area (Å²) in [5.41, 5.74) is 8.60. The number of nitrogens with zero attached hydrogens (tertiary/aromatic N) is 2. The average molecular weight is 480 g/mol. The first-order valence-corrected chi connectivity index (χ1v) is 13.1. The van der Waals surface area contributed by atoms with Gasteiger partial charge in [0.05, 0.1) is 18.7 Å². The molecule has 4 aliphatic rings.